The van der Waals surface area contributed by atoms with Crippen molar-refractivity contribution in [3.05, 3.63) is 77.1 Å². The van der Waals surface area contributed by atoms with Crippen molar-refractivity contribution >= 4 is 34.3 Å². The number of nitrogens with zero attached hydrogens (tertiary/aromatic N) is 4. The summed E-state index contributed by atoms with van der Waals surface area (Å²) in [6.07, 6.45) is 2.61. The molecule has 170 valence electrons. The molecule has 1 N–H and O–H groups in total. The van der Waals surface area contributed by atoms with Crippen molar-refractivity contribution in [1.29, 1.82) is 0 Å². The molecule has 0 saturated carbocycles. The number of anilines is 2. The molecule has 3 heterocycles. The van der Waals surface area contributed by atoms with Gasteiger partial charge >= 0.3 is 0 Å². The Morgan fingerprint density at radius 2 is 1.91 bits per heavy atom. The maximum atomic E-state index is 6.26. The summed E-state index contributed by atoms with van der Waals surface area (Å²) in [7, 11) is 1.99. The second-order valence-corrected chi connectivity index (χ2v) is 8.00. The first-order chi connectivity index (χ1) is 15.7. The van der Waals surface area contributed by atoms with Crippen molar-refractivity contribution in [3.63, 3.8) is 0 Å². The number of benzene rings is 2. The number of ether oxygens (including phenoxy) is 2. The number of hydrogen-bond acceptors (Lipinski definition) is 7. The summed E-state index contributed by atoms with van der Waals surface area (Å²) in [4.78, 5) is 16.0. The van der Waals surface area contributed by atoms with Crippen LogP contribution in [0, 0.1) is 0 Å². The Hall–Kier alpha value is -3.58. The van der Waals surface area contributed by atoms with Gasteiger partial charge in [0.1, 0.15) is 5.82 Å². The van der Waals surface area contributed by atoms with Crippen LogP contribution in [-0.2, 0) is 13.0 Å². The van der Waals surface area contributed by atoms with Crippen molar-refractivity contribution in [2.75, 3.05) is 30.6 Å². The van der Waals surface area contributed by atoms with Gasteiger partial charge in [-0.05, 0) is 48.0 Å². The average Bonchev–Trinajstić information content (AvgIpc) is 3.29. The molecule has 7 nitrogen and oxygen atoms in total. The molecule has 8 heteroatoms. The van der Waals surface area contributed by atoms with Crippen LogP contribution in [0.15, 0.2) is 60.8 Å². The highest BCUT2D eigenvalue weighted by atomic mass is 35.5. The Labute approximate surface area is 198 Å². The van der Waals surface area contributed by atoms with Crippen LogP contribution >= 0.6 is 11.6 Å². The summed E-state index contributed by atoms with van der Waals surface area (Å²) < 4.78 is 10.9. The Morgan fingerprint density at radius 3 is 2.76 bits per heavy atom. The van der Waals surface area contributed by atoms with Crippen LogP contribution in [0.2, 0.25) is 5.02 Å². The van der Waals surface area contributed by atoms with Crippen LogP contribution in [-0.4, -0.2) is 35.3 Å². The van der Waals surface area contributed by atoms with Gasteiger partial charge in [-0.15, -0.1) is 0 Å². The van der Waals surface area contributed by atoms with Gasteiger partial charge in [-0.25, -0.2) is 4.98 Å². The second kappa shape index (κ2) is 9.92. The van der Waals surface area contributed by atoms with E-state index in [0.717, 1.165) is 52.4 Å². The van der Waals surface area contributed by atoms with Gasteiger partial charge in [0.05, 0.1) is 5.52 Å². The number of pyridine rings is 1. The molecule has 4 aromatic rings. The number of nitrogens with one attached hydrogen (secondary N) is 1. The molecule has 0 bridgehead atoms. The zero-order chi connectivity index (χ0) is 21.9. The van der Waals surface area contributed by atoms with E-state index in [1.54, 1.807) is 0 Å². The van der Waals surface area contributed by atoms with Crippen LogP contribution in [0.5, 0.6) is 11.5 Å². The Bertz CT molecular complexity index is 1250. The minimum atomic E-state index is 0. The highest BCUT2D eigenvalue weighted by Crippen LogP contribution is 2.33. The molecule has 0 saturated heterocycles. The van der Waals surface area contributed by atoms with Gasteiger partial charge in [0, 0.05) is 48.9 Å². The van der Waals surface area contributed by atoms with Crippen molar-refractivity contribution in [2.45, 2.75) is 20.4 Å². The van der Waals surface area contributed by atoms with Crippen LogP contribution in [0.4, 0.5) is 11.8 Å². The summed E-state index contributed by atoms with van der Waals surface area (Å²) in [5.41, 5.74) is 2.93. The molecule has 0 radical (unpaired) electrons. The lowest BCUT2D eigenvalue weighted by Crippen LogP contribution is -2.23. The van der Waals surface area contributed by atoms with E-state index in [0.29, 0.717) is 17.5 Å². The van der Waals surface area contributed by atoms with E-state index in [4.69, 9.17) is 31.0 Å². The summed E-state index contributed by atoms with van der Waals surface area (Å²) in [6, 6.07) is 17.5. The van der Waals surface area contributed by atoms with E-state index in [-0.39, 0.29) is 14.2 Å². The number of fused-ring (bicyclic) bond motifs is 2. The summed E-state index contributed by atoms with van der Waals surface area (Å²) in [5.74, 6) is 2.90. The van der Waals surface area contributed by atoms with Crippen molar-refractivity contribution < 1.29 is 9.47 Å². The van der Waals surface area contributed by atoms with Gasteiger partial charge in [0.2, 0.25) is 12.7 Å². The second-order valence-electron chi connectivity index (χ2n) is 7.57. The molecular formula is C25H26ClN5O2. The smallest absolute Gasteiger partial charge is 0.231 e. The number of rotatable bonds is 7. The molecule has 0 aliphatic carbocycles. The van der Waals surface area contributed by atoms with Crippen molar-refractivity contribution in [3.8, 4) is 11.5 Å². The number of aromatic nitrogens is 3. The molecule has 0 spiro atoms. The normalized spacial score (nSPS) is 11.8. The standard InChI is InChI=1S/C24H22ClN5O2.CH4/c1-30(11-9-18-4-2-3-10-26-18)24-28-20-7-6-17(25)13-19(20)23(29-24)27-14-16-5-8-21-22(12-16)32-15-31-21;/h2-8,10,12-13H,9,11,14-15H2,1H3,(H,27,28,29);1H4. The van der Waals surface area contributed by atoms with Crippen molar-refractivity contribution in [1.82, 2.24) is 15.0 Å². The maximum Gasteiger partial charge on any atom is 0.231 e. The fourth-order valence-corrected chi connectivity index (χ4v) is 3.73. The molecule has 2 aromatic carbocycles. The Morgan fingerprint density at radius 1 is 1.03 bits per heavy atom. The van der Waals surface area contributed by atoms with Gasteiger partial charge in [0.15, 0.2) is 11.5 Å². The highest BCUT2D eigenvalue weighted by Gasteiger charge is 2.15. The Kier molecular flexibility index (Phi) is 6.79. The molecule has 0 unspecified atom stereocenters. The molecule has 0 fully saturated rings. The summed E-state index contributed by atoms with van der Waals surface area (Å²) >= 11 is 6.26. The molecule has 0 atom stereocenters. The van der Waals surface area contributed by atoms with E-state index >= 15 is 0 Å². The average molecular weight is 464 g/mol. The largest absolute Gasteiger partial charge is 0.454 e. The number of likely N-dealkylation sites (N-methyl/N-ethyl adjacent to an activating group) is 1. The van der Waals surface area contributed by atoms with E-state index in [2.05, 4.69) is 10.3 Å². The number of hydrogen-bond donors (Lipinski definition) is 1. The van der Waals surface area contributed by atoms with Crippen LogP contribution in [0.3, 0.4) is 0 Å². The zero-order valence-corrected chi connectivity index (χ0v) is 18.3. The molecule has 2 aromatic heterocycles. The monoisotopic (exact) mass is 463 g/mol. The first-order valence-corrected chi connectivity index (χ1v) is 10.7. The van der Waals surface area contributed by atoms with E-state index in [1.165, 1.54) is 0 Å². The Balaban J connectivity index is 0.00000259. The summed E-state index contributed by atoms with van der Waals surface area (Å²) in [6.45, 7) is 1.58. The fraction of sp³-hybridized carbons (Fsp3) is 0.240. The van der Waals surface area contributed by atoms with Gasteiger partial charge in [0.25, 0.3) is 0 Å². The third-order valence-electron chi connectivity index (χ3n) is 5.31. The molecule has 33 heavy (non-hydrogen) atoms. The van der Waals surface area contributed by atoms with Gasteiger partial charge < -0.3 is 19.7 Å². The van der Waals surface area contributed by atoms with Gasteiger partial charge in [-0.3, -0.25) is 4.98 Å². The third kappa shape index (κ3) is 5.09. The van der Waals surface area contributed by atoms with Gasteiger partial charge in [-0.2, -0.15) is 4.98 Å². The number of halogens is 1. The van der Waals surface area contributed by atoms with E-state index in [9.17, 15) is 0 Å². The van der Waals surface area contributed by atoms with Crippen molar-refractivity contribution in [2.24, 2.45) is 0 Å². The molecular weight excluding hydrogens is 438 g/mol. The maximum absolute atomic E-state index is 6.26. The van der Waals surface area contributed by atoms with E-state index in [1.807, 2.05) is 72.7 Å². The van der Waals surface area contributed by atoms with Gasteiger partial charge in [-0.1, -0.05) is 31.2 Å². The summed E-state index contributed by atoms with van der Waals surface area (Å²) in [5, 5.41) is 4.96. The fourth-order valence-electron chi connectivity index (χ4n) is 3.56. The first-order valence-electron chi connectivity index (χ1n) is 10.4. The zero-order valence-electron chi connectivity index (χ0n) is 17.6. The lowest BCUT2D eigenvalue weighted by atomic mass is 10.2. The predicted octanol–water partition coefficient (Wildman–Crippen LogP) is 5.33. The SMILES string of the molecule is C.CN(CCc1ccccn1)c1nc(NCc2ccc3c(c2)OCO3)c2cc(Cl)ccc2n1. The third-order valence-corrected chi connectivity index (χ3v) is 5.55. The first kappa shape index (κ1) is 22.6. The quantitative estimate of drug-likeness (QED) is 0.397. The lowest BCUT2D eigenvalue weighted by molar-refractivity contribution is 0.174. The molecule has 1 aliphatic heterocycles. The van der Waals surface area contributed by atoms with Crippen LogP contribution in [0.25, 0.3) is 10.9 Å². The molecule has 1 aliphatic rings. The van der Waals surface area contributed by atoms with Crippen LogP contribution in [0.1, 0.15) is 18.7 Å². The van der Waals surface area contributed by atoms with E-state index < -0.39 is 0 Å². The van der Waals surface area contributed by atoms with Crippen LogP contribution < -0.4 is 19.7 Å². The molecule has 0 amide bonds. The minimum Gasteiger partial charge on any atom is -0.454 e. The molecule has 5 rings (SSSR count). The predicted molar refractivity (Wildman–Crippen MR) is 132 cm³/mol. The lowest BCUT2D eigenvalue weighted by Gasteiger charge is -2.19. The topological polar surface area (TPSA) is 72.4 Å². The highest BCUT2D eigenvalue weighted by molar-refractivity contribution is 6.31. The minimum absolute atomic E-state index is 0.